The molecule has 1 heterocycles. The van der Waals surface area contributed by atoms with Crippen molar-refractivity contribution in [2.75, 3.05) is 12.4 Å². The zero-order valence-electron chi connectivity index (χ0n) is 10.1. The summed E-state index contributed by atoms with van der Waals surface area (Å²) in [6, 6.07) is 14.8. The lowest BCUT2D eigenvalue weighted by Gasteiger charge is -2.07. The molecule has 4 heteroatoms. The number of ether oxygens (including phenoxy) is 1. The van der Waals surface area contributed by atoms with Gasteiger partial charge in [0.15, 0.2) is 0 Å². The summed E-state index contributed by atoms with van der Waals surface area (Å²) in [6.07, 6.45) is 0. The molecular weight excluding hydrogens is 226 g/mol. The molecule has 0 aliphatic carbocycles. The molecule has 2 rings (SSSR count). The highest BCUT2D eigenvalue weighted by molar-refractivity contribution is 5.35. The van der Waals surface area contributed by atoms with Gasteiger partial charge in [0.1, 0.15) is 18.2 Å². The molecule has 90 valence electrons. The van der Waals surface area contributed by atoms with Crippen molar-refractivity contribution in [1.82, 2.24) is 4.98 Å². The molecular formula is C14H13N3O. The van der Waals surface area contributed by atoms with E-state index in [4.69, 9.17) is 10.00 Å². The molecule has 0 spiro atoms. The van der Waals surface area contributed by atoms with Crippen molar-refractivity contribution >= 4 is 5.82 Å². The summed E-state index contributed by atoms with van der Waals surface area (Å²) in [4.78, 5) is 4.35. The Kier molecular flexibility index (Phi) is 3.77. The van der Waals surface area contributed by atoms with Gasteiger partial charge in [-0.1, -0.05) is 6.07 Å². The number of anilines is 1. The number of nitrogens with one attached hydrogen (secondary N) is 1. The second kappa shape index (κ2) is 5.69. The summed E-state index contributed by atoms with van der Waals surface area (Å²) in [6.45, 7) is 0.404. The third-order valence-electron chi connectivity index (χ3n) is 2.43. The predicted octanol–water partition coefficient (Wildman–Crippen LogP) is 2.57. The van der Waals surface area contributed by atoms with Crippen LogP contribution in [-0.2, 0) is 6.61 Å². The van der Waals surface area contributed by atoms with Crippen LogP contribution in [-0.4, -0.2) is 12.0 Å². The number of benzene rings is 1. The van der Waals surface area contributed by atoms with Crippen molar-refractivity contribution < 1.29 is 4.74 Å². The molecule has 0 aliphatic heterocycles. The van der Waals surface area contributed by atoms with Crippen LogP contribution in [0.25, 0.3) is 0 Å². The Morgan fingerprint density at radius 3 is 2.67 bits per heavy atom. The van der Waals surface area contributed by atoms with Crippen LogP contribution in [0.3, 0.4) is 0 Å². The van der Waals surface area contributed by atoms with E-state index in [2.05, 4.69) is 16.4 Å². The summed E-state index contributed by atoms with van der Waals surface area (Å²) < 4.78 is 5.59. The molecule has 0 saturated carbocycles. The van der Waals surface area contributed by atoms with Gasteiger partial charge in [-0.15, -0.1) is 0 Å². The third-order valence-corrected chi connectivity index (χ3v) is 2.43. The van der Waals surface area contributed by atoms with E-state index in [9.17, 15) is 0 Å². The Labute approximate surface area is 106 Å². The molecule has 0 radical (unpaired) electrons. The Balaban J connectivity index is 2.00. The van der Waals surface area contributed by atoms with E-state index in [1.165, 1.54) is 0 Å². The van der Waals surface area contributed by atoms with Gasteiger partial charge in [-0.3, -0.25) is 0 Å². The smallest absolute Gasteiger partial charge is 0.130 e. The summed E-state index contributed by atoms with van der Waals surface area (Å²) in [5.74, 6) is 1.54. The molecule has 1 N–H and O–H groups in total. The van der Waals surface area contributed by atoms with Gasteiger partial charge >= 0.3 is 0 Å². The second-order valence-electron chi connectivity index (χ2n) is 3.69. The highest BCUT2D eigenvalue weighted by atomic mass is 16.5. The fourth-order valence-electron chi connectivity index (χ4n) is 1.48. The number of nitrogens with zero attached hydrogens (tertiary/aromatic N) is 2. The van der Waals surface area contributed by atoms with Crippen LogP contribution >= 0.6 is 0 Å². The standard InChI is InChI=1S/C14H13N3O/c1-16-14-4-2-3-12(17-14)10-18-13-7-5-11(9-15)6-8-13/h2-8H,10H2,1H3,(H,16,17). The maximum absolute atomic E-state index is 8.69. The highest BCUT2D eigenvalue weighted by Gasteiger charge is 1.99. The minimum atomic E-state index is 0.404. The van der Waals surface area contributed by atoms with Gasteiger partial charge in [0.05, 0.1) is 17.3 Å². The number of hydrogen-bond acceptors (Lipinski definition) is 4. The maximum Gasteiger partial charge on any atom is 0.130 e. The third kappa shape index (κ3) is 2.98. The topological polar surface area (TPSA) is 57.9 Å². The predicted molar refractivity (Wildman–Crippen MR) is 69.3 cm³/mol. The van der Waals surface area contributed by atoms with Crippen LogP contribution < -0.4 is 10.1 Å². The molecule has 0 saturated heterocycles. The number of pyridine rings is 1. The van der Waals surface area contributed by atoms with E-state index < -0.39 is 0 Å². The van der Waals surface area contributed by atoms with Crippen molar-refractivity contribution in [2.24, 2.45) is 0 Å². The molecule has 0 fully saturated rings. The number of aromatic nitrogens is 1. The van der Waals surface area contributed by atoms with Gasteiger partial charge in [0.25, 0.3) is 0 Å². The monoisotopic (exact) mass is 239 g/mol. The summed E-state index contributed by atoms with van der Waals surface area (Å²) in [5.41, 5.74) is 1.48. The van der Waals surface area contributed by atoms with Crippen LogP contribution in [0.4, 0.5) is 5.82 Å². The first kappa shape index (κ1) is 11.9. The molecule has 0 bridgehead atoms. The molecule has 0 atom stereocenters. The molecule has 0 amide bonds. The largest absolute Gasteiger partial charge is 0.487 e. The number of nitriles is 1. The van der Waals surface area contributed by atoms with Gasteiger partial charge in [-0.2, -0.15) is 5.26 Å². The molecule has 0 unspecified atom stereocenters. The van der Waals surface area contributed by atoms with Gasteiger partial charge in [0.2, 0.25) is 0 Å². The van der Waals surface area contributed by atoms with E-state index in [0.29, 0.717) is 12.2 Å². The zero-order valence-corrected chi connectivity index (χ0v) is 10.1. The van der Waals surface area contributed by atoms with E-state index in [1.54, 1.807) is 24.3 Å². The first-order valence-electron chi connectivity index (χ1n) is 5.58. The fourth-order valence-corrected chi connectivity index (χ4v) is 1.48. The Morgan fingerprint density at radius 1 is 1.22 bits per heavy atom. The molecule has 18 heavy (non-hydrogen) atoms. The number of rotatable bonds is 4. The maximum atomic E-state index is 8.69. The summed E-state index contributed by atoms with van der Waals surface area (Å²) >= 11 is 0. The van der Waals surface area contributed by atoms with Crippen LogP contribution in [0.15, 0.2) is 42.5 Å². The van der Waals surface area contributed by atoms with E-state index in [1.807, 2.05) is 25.2 Å². The van der Waals surface area contributed by atoms with Crippen molar-refractivity contribution in [3.05, 3.63) is 53.7 Å². The van der Waals surface area contributed by atoms with E-state index >= 15 is 0 Å². The Hall–Kier alpha value is -2.54. The zero-order chi connectivity index (χ0) is 12.8. The van der Waals surface area contributed by atoms with Crippen LogP contribution in [0.2, 0.25) is 0 Å². The van der Waals surface area contributed by atoms with Crippen LogP contribution in [0.1, 0.15) is 11.3 Å². The molecule has 1 aromatic heterocycles. The van der Waals surface area contributed by atoms with Crippen molar-refractivity contribution in [3.8, 4) is 11.8 Å². The second-order valence-corrected chi connectivity index (χ2v) is 3.69. The first-order chi connectivity index (χ1) is 8.81. The first-order valence-corrected chi connectivity index (χ1v) is 5.58. The van der Waals surface area contributed by atoms with Crippen molar-refractivity contribution in [1.29, 1.82) is 5.26 Å². The minimum Gasteiger partial charge on any atom is -0.487 e. The Bertz CT molecular complexity index is 558. The lowest BCUT2D eigenvalue weighted by Crippen LogP contribution is -2.00. The highest BCUT2D eigenvalue weighted by Crippen LogP contribution is 2.13. The van der Waals surface area contributed by atoms with Crippen LogP contribution in [0, 0.1) is 11.3 Å². The lowest BCUT2D eigenvalue weighted by molar-refractivity contribution is 0.301. The summed E-state index contributed by atoms with van der Waals surface area (Å²) in [7, 11) is 1.83. The van der Waals surface area contributed by atoms with Crippen LogP contribution in [0.5, 0.6) is 5.75 Å². The van der Waals surface area contributed by atoms with Gasteiger partial charge in [-0.05, 0) is 36.4 Å². The molecule has 0 aliphatic rings. The molecule has 4 nitrogen and oxygen atoms in total. The van der Waals surface area contributed by atoms with Gasteiger partial charge in [0, 0.05) is 7.05 Å². The van der Waals surface area contributed by atoms with E-state index in [-0.39, 0.29) is 0 Å². The van der Waals surface area contributed by atoms with Crippen molar-refractivity contribution in [3.63, 3.8) is 0 Å². The number of hydrogen-bond donors (Lipinski definition) is 1. The average Bonchev–Trinajstić information content (AvgIpc) is 2.46. The van der Waals surface area contributed by atoms with Gasteiger partial charge in [-0.25, -0.2) is 4.98 Å². The summed E-state index contributed by atoms with van der Waals surface area (Å²) in [5, 5.41) is 11.7. The molecule has 1 aromatic carbocycles. The van der Waals surface area contributed by atoms with E-state index in [0.717, 1.165) is 17.3 Å². The van der Waals surface area contributed by atoms with Gasteiger partial charge < -0.3 is 10.1 Å². The Morgan fingerprint density at radius 2 is 2.00 bits per heavy atom. The normalized spacial score (nSPS) is 9.56. The molecule has 2 aromatic rings. The quantitative estimate of drug-likeness (QED) is 0.890. The fraction of sp³-hybridized carbons (Fsp3) is 0.143. The SMILES string of the molecule is CNc1cccc(COc2ccc(C#N)cc2)n1. The average molecular weight is 239 g/mol. The lowest BCUT2D eigenvalue weighted by atomic mass is 10.2. The van der Waals surface area contributed by atoms with Crippen molar-refractivity contribution in [2.45, 2.75) is 6.61 Å². The minimum absolute atomic E-state index is 0.404.